The Hall–Kier alpha value is -2.58. The van der Waals surface area contributed by atoms with E-state index >= 15 is 0 Å². The lowest BCUT2D eigenvalue weighted by Gasteiger charge is -2.10. The largest absolute Gasteiger partial charge is 0.478 e. The van der Waals surface area contributed by atoms with E-state index in [2.05, 4.69) is 5.32 Å². The van der Waals surface area contributed by atoms with Crippen molar-refractivity contribution in [3.8, 4) is 6.07 Å². The topological polar surface area (TPSA) is 73.1 Å². The fourth-order valence-corrected chi connectivity index (χ4v) is 1.86. The molecule has 2 aromatic carbocycles. The number of carbonyl (C=O) groups is 1. The monoisotopic (exact) mass is 290 g/mol. The van der Waals surface area contributed by atoms with Crippen molar-refractivity contribution >= 4 is 28.9 Å². The van der Waals surface area contributed by atoms with Gasteiger partial charge in [0.2, 0.25) is 0 Å². The molecular formula is C14H8ClFN2O2. The molecule has 0 bridgehead atoms. The van der Waals surface area contributed by atoms with E-state index in [0.29, 0.717) is 5.69 Å². The Morgan fingerprint density at radius 2 is 2.05 bits per heavy atom. The van der Waals surface area contributed by atoms with Crippen LogP contribution in [0.1, 0.15) is 15.9 Å². The Balaban J connectivity index is 2.39. The summed E-state index contributed by atoms with van der Waals surface area (Å²) in [5.41, 5.74) is 0.558. The van der Waals surface area contributed by atoms with Crippen LogP contribution in [0.15, 0.2) is 36.4 Å². The Bertz CT molecular complexity index is 726. The molecule has 20 heavy (non-hydrogen) atoms. The molecule has 2 rings (SSSR count). The molecule has 0 heterocycles. The number of carboxylic acid groups (broad SMARTS) is 1. The zero-order valence-electron chi connectivity index (χ0n) is 10.0. The molecule has 0 spiro atoms. The van der Waals surface area contributed by atoms with E-state index in [0.717, 1.165) is 0 Å². The highest BCUT2D eigenvalue weighted by molar-refractivity contribution is 6.33. The van der Waals surface area contributed by atoms with Crippen molar-refractivity contribution in [3.63, 3.8) is 0 Å². The third-order valence-electron chi connectivity index (χ3n) is 2.61. The average Bonchev–Trinajstić information content (AvgIpc) is 2.41. The maximum Gasteiger partial charge on any atom is 0.335 e. The number of nitrogens with one attached hydrogen (secondary N) is 1. The molecule has 0 aliphatic rings. The number of carboxylic acids is 1. The number of halogens is 2. The third kappa shape index (κ3) is 2.71. The van der Waals surface area contributed by atoms with Crippen molar-refractivity contribution in [2.24, 2.45) is 0 Å². The molecule has 2 N–H and O–H groups in total. The van der Waals surface area contributed by atoms with Crippen molar-refractivity contribution in [2.45, 2.75) is 0 Å². The summed E-state index contributed by atoms with van der Waals surface area (Å²) in [5, 5.41) is 20.7. The molecular weight excluding hydrogens is 283 g/mol. The molecule has 100 valence electrons. The summed E-state index contributed by atoms with van der Waals surface area (Å²) in [5.74, 6) is -1.74. The summed E-state index contributed by atoms with van der Waals surface area (Å²) in [6.45, 7) is 0. The molecule has 0 radical (unpaired) electrons. The van der Waals surface area contributed by atoms with Crippen LogP contribution in [-0.2, 0) is 0 Å². The first-order chi connectivity index (χ1) is 9.52. The highest BCUT2D eigenvalue weighted by Crippen LogP contribution is 2.28. The zero-order valence-corrected chi connectivity index (χ0v) is 10.8. The van der Waals surface area contributed by atoms with Crippen LogP contribution in [-0.4, -0.2) is 11.1 Å². The van der Waals surface area contributed by atoms with Crippen LogP contribution in [0.5, 0.6) is 0 Å². The minimum absolute atomic E-state index is 0.0419. The van der Waals surface area contributed by atoms with Gasteiger partial charge in [0, 0.05) is 0 Å². The van der Waals surface area contributed by atoms with E-state index in [9.17, 15) is 9.18 Å². The van der Waals surface area contributed by atoms with Crippen LogP contribution in [0, 0.1) is 17.1 Å². The lowest BCUT2D eigenvalue weighted by Crippen LogP contribution is -1.99. The predicted molar refractivity (Wildman–Crippen MR) is 72.8 cm³/mol. The maximum atomic E-state index is 13.5. The molecule has 4 nitrogen and oxygen atoms in total. The van der Waals surface area contributed by atoms with Crippen molar-refractivity contribution < 1.29 is 14.3 Å². The van der Waals surface area contributed by atoms with Gasteiger partial charge in [-0.1, -0.05) is 17.7 Å². The summed E-state index contributed by atoms with van der Waals surface area (Å²) in [6.07, 6.45) is 0. The zero-order chi connectivity index (χ0) is 14.7. The Kier molecular flexibility index (Phi) is 3.87. The lowest BCUT2D eigenvalue weighted by molar-refractivity contribution is 0.0697. The summed E-state index contributed by atoms with van der Waals surface area (Å²) in [6, 6.07) is 10.0. The van der Waals surface area contributed by atoms with E-state index in [4.69, 9.17) is 22.0 Å². The molecule has 0 saturated carbocycles. The number of benzene rings is 2. The van der Waals surface area contributed by atoms with Gasteiger partial charge in [0.05, 0.1) is 22.0 Å². The lowest BCUT2D eigenvalue weighted by atomic mass is 10.1. The summed E-state index contributed by atoms with van der Waals surface area (Å²) in [4.78, 5) is 10.8. The molecule has 0 atom stereocenters. The first-order valence-corrected chi connectivity index (χ1v) is 5.89. The van der Waals surface area contributed by atoms with E-state index in [1.54, 1.807) is 6.07 Å². The van der Waals surface area contributed by atoms with Gasteiger partial charge in [-0.2, -0.15) is 5.26 Å². The van der Waals surface area contributed by atoms with E-state index < -0.39 is 11.8 Å². The molecule has 0 amide bonds. The second kappa shape index (κ2) is 5.59. The third-order valence-corrected chi connectivity index (χ3v) is 2.92. The number of nitrogens with zero attached hydrogens (tertiary/aromatic N) is 1. The second-order valence-electron chi connectivity index (χ2n) is 3.90. The SMILES string of the molecule is N#Cc1c(F)cccc1Nc1ccc(C(=O)O)cc1Cl. The van der Waals surface area contributed by atoms with Crippen molar-refractivity contribution in [1.82, 2.24) is 0 Å². The standard InChI is InChI=1S/C14H8ClFN2O2/c15-10-6-8(14(19)20)4-5-13(10)18-12-3-1-2-11(16)9(12)7-17/h1-6,18H,(H,19,20). The van der Waals surface area contributed by atoms with Crippen molar-refractivity contribution in [3.05, 3.63) is 58.4 Å². The van der Waals surface area contributed by atoms with Crippen LogP contribution in [0.4, 0.5) is 15.8 Å². The van der Waals surface area contributed by atoms with E-state index in [1.807, 2.05) is 0 Å². The Morgan fingerprint density at radius 1 is 1.30 bits per heavy atom. The van der Waals surface area contributed by atoms with Crippen LogP contribution in [0.3, 0.4) is 0 Å². The second-order valence-corrected chi connectivity index (χ2v) is 4.31. The first kappa shape index (κ1) is 13.8. The molecule has 2 aromatic rings. The quantitative estimate of drug-likeness (QED) is 0.902. The highest BCUT2D eigenvalue weighted by Gasteiger charge is 2.11. The molecule has 6 heteroatoms. The average molecular weight is 291 g/mol. The highest BCUT2D eigenvalue weighted by atomic mass is 35.5. The van der Waals surface area contributed by atoms with Gasteiger partial charge in [-0.25, -0.2) is 9.18 Å². The molecule has 0 aromatic heterocycles. The Labute approximate surface area is 119 Å². The van der Waals surface area contributed by atoms with Gasteiger partial charge in [0.1, 0.15) is 17.4 Å². The number of aromatic carboxylic acids is 1. The van der Waals surface area contributed by atoms with Gasteiger partial charge in [0.15, 0.2) is 0 Å². The molecule has 0 aliphatic heterocycles. The van der Waals surface area contributed by atoms with Gasteiger partial charge in [-0.3, -0.25) is 0 Å². The summed E-state index contributed by atoms with van der Waals surface area (Å²) in [7, 11) is 0. The minimum atomic E-state index is -1.10. The molecule has 0 aliphatic carbocycles. The number of nitriles is 1. The molecule has 0 fully saturated rings. The van der Waals surface area contributed by atoms with E-state index in [-0.39, 0.29) is 21.8 Å². The van der Waals surface area contributed by atoms with Gasteiger partial charge in [0.25, 0.3) is 0 Å². The van der Waals surface area contributed by atoms with Gasteiger partial charge >= 0.3 is 5.97 Å². The smallest absolute Gasteiger partial charge is 0.335 e. The maximum absolute atomic E-state index is 13.5. The van der Waals surface area contributed by atoms with Gasteiger partial charge in [-0.15, -0.1) is 0 Å². The van der Waals surface area contributed by atoms with Crippen LogP contribution < -0.4 is 5.32 Å². The summed E-state index contributed by atoms with van der Waals surface area (Å²) >= 11 is 5.96. The van der Waals surface area contributed by atoms with Gasteiger partial charge in [-0.05, 0) is 30.3 Å². The molecule has 0 saturated heterocycles. The van der Waals surface area contributed by atoms with E-state index in [1.165, 1.54) is 36.4 Å². The number of rotatable bonds is 3. The number of hydrogen-bond donors (Lipinski definition) is 2. The minimum Gasteiger partial charge on any atom is -0.478 e. The van der Waals surface area contributed by atoms with Gasteiger partial charge < -0.3 is 10.4 Å². The van der Waals surface area contributed by atoms with Crippen LogP contribution in [0.25, 0.3) is 0 Å². The number of hydrogen-bond acceptors (Lipinski definition) is 3. The Morgan fingerprint density at radius 3 is 2.65 bits per heavy atom. The predicted octanol–water partition coefficient (Wildman–Crippen LogP) is 3.79. The molecule has 0 unspecified atom stereocenters. The fraction of sp³-hybridized carbons (Fsp3) is 0. The van der Waals surface area contributed by atoms with Crippen LogP contribution in [0.2, 0.25) is 5.02 Å². The number of anilines is 2. The van der Waals surface area contributed by atoms with Crippen molar-refractivity contribution in [1.29, 1.82) is 5.26 Å². The van der Waals surface area contributed by atoms with Crippen molar-refractivity contribution in [2.75, 3.05) is 5.32 Å². The summed E-state index contributed by atoms with van der Waals surface area (Å²) < 4.78 is 13.5. The first-order valence-electron chi connectivity index (χ1n) is 5.51. The fourth-order valence-electron chi connectivity index (χ4n) is 1.64. The normalized spacial score (nSPS) is 9.85. The van der Waals surface area contributed by atoms with Crippen LogP contribution >= 0.6 is 11.6 Å².